The van der Waals surface area contributed by atoms with Gasteiger partial charge >= 0.3 is 5.97 Å². The van der Waals surface area contributed by atoms with Crippen molar-refractivity contribution in [2.45, 2.75) is 11.5 Å². The molecule has 1 saturated heterocycles. The lowest BCUT2D eigenvalue weighted by atomic mass is 10.1. The van der Waals surface area contributed by atoms with Crippen LogP contribution < -0.4 is 0 Å². The smallest absolute Gasteiger partial charge is 0.338 e. The van der Waals surface area contributed by atoms with Crippen LogP contribution in [0.15, 0.2) is 47.4 Å². The topological polar surface area (TPSA) is 96.7 Å². The molecule has 0 spiro atoms. The van der Waals surface area contributed by atoms with Gasteiger partial charge in [-0.3, -0.25) is 0 Å². The Morgan fingerprint density at radius 3 is 2.64 bits per heavy atom. The van der Waals surface area contributed by atoms with Gasteiger partial charge in [-0.15, -0.1) is 0 Å². The largest absolute Gasteiger partial charge is 0.457 e. The molecular weight excluding hydrogens is 387 g/mol. The van der Waals surface area contributed by atoms with Crippen LogP contribution in [-0.4, -0.2) is 45.0 Å². The molecule has 1 aliphatic heterocycles. The molecule has 146 valence electrons. The molecule has 0 radical (unpaired) electrons. The van der Waals surface area contributed by atoms with E-state index in [0.717, 1.165) is 22.5 Å². The zero-order chi connectivity index (χ0) is 20.1. The van der Waals surface area contributed by atoms with E-state index in [2.05, 4.69) is 0 Å². The maximum Gasteiger partial charge on any atom is 0.338 e. The molecule has 1 fully saturated rings. The van der Waals surface area contributed by atoms with E-state index < -0.39 is 26.7 Å². The minimum Gasteiger partial charge on any atom is -0.457 e. The molecule has 0 unspecified atom stereocenters. The van der Waals surface area contributed by atoms with Gasteiger partial charge in [0.05, 0.1) is 30.4 Å². The predicted molar refractivity (Wildman–Crippen MR) is 96.3 cm³/mol. The molecule has 2 aromatic carbocycles. The highest BCUT2D eigenvalue weighted by Gasteiger charge is 2.30. The molecule has 1 heterocycles. The Morgan fingerprint density at radius 1 is 1.21 bits per heavy atom. The average molecular weight is 404 g/mol. The van der Waals surface area contributed by atoms with Crippen LogP contribution in [0.4, 0.5) is 4.39 Å². The summed E-state index contributed by atoms with van der Waals surface area (Å²) >= 11 is 0. The van der Waals surface area contributed by atoms with Crippen molar-refractivity contribution in [2.75, 3.05) is 26.3 Å². The normalized spacial score (nSPS) is 15.0. The Balaban J connectivity index is 1.80. The molecule has 3 rings (SSSR count). The van der Waals surface area contributed by atoms with Crippen LogP contribution in [0.25, 0.3) is 0 Å². The third kappa shape index (κ3) is 4.20. The number of hydrogen-bond acceptors (Lipinski definition) is 6. The molecule has 0 aliphatic carbocycles. The first-order valence-electron chi connectivity index (χ1n) is 8.46. The summed E-state index contributed by atoms with van der Waals surface area (Å²) in [6.07, 6.45) is 0. The SMILES string of the molecule is N#Cc1ccccc1COC(=O)c1ccc(F)c(S(=O)(=O)N2CCOCC2)c1. The number of hydrogen-bond donors (Lipinski definition) is 0. The lowest BCUT2D eigenvalue weighted by Crippen LogP contribution is -2.41. The number of carbonyl (C=O) groups is 1. The van der Waals surface area contributed by atoms with Crippen molar-refractivity contribution in [1.29, 1.82) is 5.26 Å². The number of carbonyl (C=O) groups excluding carboxylic acids is 1. The second-order valence-electron chi connectivity index (χ2n) is 6.01. The number of ether oxygens (including phenoxy) is 2. The molecule has 2 aromatic rings. The van der Waals surface area contributed by atoms with E-state index in [1.54, 1.807) is 24.3 Å². The minimum atomic E-state index is -4.10. The summed E-state index contributed by atoms with van der Waals surface area (Å²) in [5, 5.41) is 9.07. The van der Waals surface area contributed by atoms with Gasteiger partial charge < -0.3 is 9.47 Å². The number of sulfonamides is 1. The summed E-state index contributed by atoms with van der Waals surface area (Å²) in [7, 11) is -4.10. The number of halogens is 1. The van der Waals surface area contributed by atoms with Gasteiger partial charge in [0.2, 0.25) is 10.0 Å². The average Bonchev–Trinajstić information content (AvgIpc) is 2.73. The van der Waals surface area contributed by atoms with Gasteiger partial charge in [-0.1, -0.05) is 18.2 Å². The fourth-order valence-electron chi connectivity index (χ4n) is 2.74. The quantitative estimate of drug-likeness (QED) is 0.708. The van der Waals surface area contributed by atoms with Gasteiger partial charge in [0, 0.05) is 18.7 Å². The van der Waals surface area contributed by atoms with Crippen molar-refractivity contribution in [3.05, 3.63) is 65.0 Å². The van der Waals surface area contributed by atoms with E-state index in [-0.39, 0.29) is 38.5 Å². The Hall–Kier alpha value is -2.80. The fraction of sp³-hybridized carbons (Fsp3) is 0.263. The van der Waals surface area contributed by atoms with Crippen LogP contribution in [0.1, 0.15) is 21.5 Å². The molecule has 1 aliphatic rings. The number of nitriles is 1. The van der Waals surface area contributed by atoms with Crippen LogP contribution in [0.5, 0.6) is 0 Å². The second kappa shape index (κ2) is 8.48. The van der Waals surface area contributed by atoms with Gasteiger partial charge in [-0.05, 0) is 24.3 Å². The first-order chi connectivity index (χ1) is 13.4. The molecule has 9 heteroatoms. The number of nitrogens with zero attached hydrogens (tertiary/aromatic N) is 2. The fourth-order valence-corrected chi connectivity index (χ4v) is 4.23. The highest BCUT2D eigenvalue weighted by molar-refractivity contribution is 7.89. The monoisotopic (exact) mass is 404 g/mol. The number of esters is 1. The second-order valence-corrected chi connectivity index (χ2v) is 7.91. The van der Waals surface area contributed by atoms with Gasteiger partial charge in [-0.25, -0.2) is 17.6 Å². The van der Waals surface area contributed by atoms with Crippen molar-refractivity contribution < 1.29 is 27.1 Å². The molecule has 0 amide bonds. The lowest BCUT2D eigenvalue weighted by Gasteiger charge is -2.26. The van der Waals surface area contributed by atoms with E-state index in [0.29, 0.717) is 11.1 Å². The highest BCUT2D eigenvalue weighted by Crippen LogP contribution is 2.22. The first kappa shape index (κ1) is 19.9. The van der Waals surface area contributed by atoms with E-state index in [1.807, 2.05) is 6.07 Å². The number of morpholine rings is 1. The zero-order valence-electron chi connectivity index (χ0n) is 14.8. The maximum absolute atomic E-state index is 14.2. The van der Waals surface area contributed by atoms with E-state index in [4.69, 9.17) is 14.7 Å². The third-order valence-corrected chi connectivity index (χ3v) is 6.17. The standard InChI is InChI=1S/C19H17FN2O5S/c20-17-6-5-14(11-18(17)28(24,25)22-7-9-26-10-8-22)19(23)27-13-16-4-2-1-3-15(16)12-21/h1-6,11H,7-10,13H2. The summed E-state index contributed by atoms with van der Waals surface area (Å²) < 4.78 is 51.0. The summed E-state index contributed by atoms with van der Waals surface area (Å²) in [6.45, 7) is 0.510. The Kier molecular flexibility index (Phi) is 6.04. The molecule has 0 saturated carbocycles. The van der Waals surface area contributed by atoms with Gasteiger partial charge in [0.15, 0.2) is 0 Å². The molecule has 7 nitrogen and oxygen atoms in total. The molecule has 0 N–H and O–H groups in total. The van der Waals surface area contributed by atoms with Crippen LogP contribution in [-0.2, 0) is 26.1 Å². The molecule has 0 aromatic heterocycles. The summed E-state index contributed by atoms with van der Waals surface area (Å²) in [5.41, 5.74) is 0.786. The Labute approximate surface area is 162 Å². The highest BCUT2D eigenvalue weighted by atomic mass is 32.2. The van der Waals surface area contributed by atoms with E-state index >= 15 is 0 Å². The summed E-state index contributed by atoms with van der Waals surface area (Å²) in [6, 6.07) is 11.7. The van der Waals surface area contributed by atoms with Crippen molar-refractivity contribution >= 4 is 16.0 Å². The van der Waals surface area contributed by atoms with E-state index in [1.165, 1.54) is 0 Å². The van der Waals surface area contributed by atoms with Gasteiger partial charge in [0.25, 0.3) is 0 Å². The van der Waals surface area contributed by atoms with Crippen molar-refractivity contribution in [1.82, 2.24) is 4.31 Å². The summed E-state index contributed by atoms with van der Waals surface area (Å²) in [5.74, 6) is -1.76. The number of benzene rings is 2. The van der Waals surface area contributed by atoms with Crippen molar-refractivity contribution in [3.8, 4) is 6.07 Å². The molecule has 0 bridgehead atoms. The predicted octanol–water partition coefficient (Wildman–Crippen LogP) is 2.08. The molecule has 28 heavy (non-hydrogen) atoms. The molecular formula is C19H17FN2O5S. The van der Waals surface area contributed by atoms with Crippen LogP contribution in [0, 0.1) is 17.1 Å². The van der Waals surface area contributed by atoms with Gasteiger partial charge in [0.1, 0.15) is 17.3 Å². The van der Waals surface area contributed by atoms with Crippen LogP contribution in [0.2, 0.25) is 0 Å². The van der Waals surface area contributed by atoms with Crippen molar-refractivity contribution in [2.24, 2.45) is 0 Å². The third-order valence-electron chi connectivity index (χ3n) is 4.25. The Bertz CT molecular complexity index is 1030. The summed E-state index contributed by atoms with van der Waals surface area (Å²) in [4.78, 5) is 11.7. The van der Waals surface area contributed by atoms with Crippen molar-refractivity contribution in [3.63, 3.8) is 0 Å². The zero-order valence-corrected chi connectivity index (χ0v) is 15.6. The van der Waals surface area contributed by atoms with Crippen LogP contribution >= 0.6 is 0 Å². The minimum absolute atomic E-state index is 0.0947. The maximum atomic E-state index is 14.2. The molecule has 0 atom stereocenters. The van der Waals surface area contributed by atoms with Crippen LogP contribution in [0.3, 0.4) is 0 Å². The first-order valence-corrected chi connectivity index (χ1v) is 9.90. The Morgan fingerprint density at radius 2 is 1.93 bits per heavy atom. The lowest BCUT2D eigenvalue weighted by molar-refractivity contribution is 0.0472. The number of rotatable bonds is 5. The van der Waals surface area contributed by atoms with E-state index in [9.17, 15) is 17.6 Å². The van der Waals surface area contributed by atoms with Gasteiger partial charge in [-0.2, -0.15) is 9.57 Å².